The zero-order chi connectivity index (χ0) is 15.3. The summed E-state index contributed by atoms with van der Waals surface area (Å²) in [6, 6.07) is 0.181. The summed E-state index contributed by atoms with van der Waals surface area (Å²) in [6.07, 6.45) is 7.94. The van der Waals surface area contributed by atoms with Crippen LogP contribution in [-0.4, -0.2) is 34.4 Å². The third-order valence-corrected chi connectivity index (χ3v) is 4.24. The Morgan fingerprint density at radius 1 is 1.62 bits per heavy atom. The van der Waals surface area contributed by atoms with Gasteiger partial charge in [-0.05, 0) is 45.6 Å². The number of hydrogen-bond donors (Lipinski definition) is 1. The lowest BCUT2D eigenvalue weighted by Gasteiger charge is -2.39. The maximum Gasteiger partial charge on any atom is 0.326 e. The van der Waals surface area contributed by atoms with Crippen LogP contribution < -0.4 is 5.32 Å². The Kier molecular flexibility index (Phi) is 5.65. The number of nitrogens with zero attached hydrogens (tertiary/aromatic N) is 2. The minimum absolute atomic E-state index is 0.138. The van der Waals surface area contributed by atoms with E-state index in [2.05, 4.69) is 17.3 Å². The summed E-state index contributed by atoms with van der Waals surface area (Å²) in [4.78, 5) is 12.5. The monoisotopic (exact) mass is 313 g/mol. The Hall–Kier alpha value is -1.07. The lowest BCUT2D eigenvalue weighted by molar-refractivity contribution is -0.153. The van der Waals surface area contributed by atoms with Gasteiger partial charge in [-0.2, -0.15) is 5.10 Å². The first kappa shape index (κ1) is 16.3. The highest BCUT2D eigenvalue weighted by Gasteiger charge is 2.44. The molecule has 5 nitrogen and oxygen atoms in total. The van der Waals surface area contributed by atoms with Crippen molar-refractivity contribution < 1.29 is 9.53 Å². The summed E-state index contributed by atoms with van der Waals surface area (Å²) in [6.45, 7) is 5.16. The van der Waals surface area contributed by atoms with Crippen LogP contribution in [0.5, 0.6) is 0 Å². The van der Waals surface area contributed by atoms with E-state index in [1.54, 1.807) is 6.20 Å². The van der Waals surface area contributed by atoms with Crippen molar-refractivity contribution in [1.82, 2.24) is 15.1 Å². The molecule has 1 aromatic rings. The highest BCUT2D eigenvalue weighted by atomic mass is 35.5. The fourth-order valence-corrected chi connectivity index (χ4v) is 3.18. The Labute approximate surface area is 131 Å². The standard InChI is InChI=1S/C15H24ClN3O2/c1-3-8-17-15(14(20)21-4-2)7-5-6-13(9-15)19-11-12(16)10-18-19/h10-11,13,17H,3-9H2,1-2H3. The van der Waals surface area contributed by atoms with Crippen molar-refractivity contribution in [2.45, 2.75) is 57.5 Å². The van der Waals surface area contributed by atoms with Crippen molar-refractivity contribution in [2.75, 3.05) is 13.2 Å². The van der Waals surface area contributed by atoms with Crippen molar-refractivity contribution in [3.63, 3.8) is 0 Å². The van der Waals surface area contributed by atoms with Crippen LogP contribution in [-0.2, 0) is 9.53 Å². The van der Waals surface area contributed by atoms with Crippen molar-refractivity contribution in [1.29, 1.82) is 0 Å². The second-order valence-electron chi connectivity index (χ2n) is 5.62. The molecule has 118 valence electrons. The highest BCUT2D eigenvalue weighted by molar-refractivity contribution is 6.30. The fourth-order valence-electron chi connectivity index (χ4n) is 3.04. The average Bonchev–Trinajstić information content (AvgIpc) is 2.92. The van der Waals surface area contributed by atoms with Crippen LogP contribution in [0.15, 0.2) is 12.4 Å². The molecule has 6 heteroatoms. The molecule has 1 aromatic heterocycles. The molecule has 0 bridgehead atoms. The third kappa shape index (κ3) is 3.77. The Morgan fingerprint density at radius 2 is 2.43 bits per heavy atom. The number of rotatable bonds is 6. The van der Waals surface area contributed by atoms with Crippen LogP contribution in [0.25, 0.3) is 0 Å². The van der Waals surface area contributed by atoms with Crippen LogP contribution in [0.3, 0.4) is 0 Å². The predicted molar refractivity (Wildman–Crippen MR) is 82.4 cm³/mol. The van der Waals surface area contributed by atoms with E-state index in [0.29, 0.717) is 18.1 Å². The fraction of sp³-hybridized carbons (Fsp3) is 0.733. The van der Waals surface area contributed by atoms with Crippen molar-refractivity contribution in [3.05, 3.63) is 17.4 Å². The second-order valence-corrected chi connectivity index (χ2v) is 6.05. The van der Waals surface area contributed by atoms with E-state index < -0.39 is 5.54 Å². The van der Waals surface area contributed by atoms with Gasteiger partial charge in [-0.3, -0.25) is 9.48 Å². The Morgan fingerprint density at radius 3 is 3.05 bits per heavy atom. The largest absolute Gasteiger partial charge is 0.465 e. The van der Waals surface area contributed by atoms with E-state index in [-0.39, 0.29) is 12.0 Å². The Bertz CT molecular complexity index is 477. The van der Waals surface area contributed by atoms with Crippen LogP contribution in [0.1, 0.15) is 52.0 Å². The summed E-state index contributed by atoms with van der Waals surface area (Å²) in [7, 11) is 0. The number of nitrogens with one attached hydrogen (secondary N) is 1. The van der Waals surface area contributed by atoms with E-state index in [0.717, 1.165) is 32.2 Å². The van der Waals surface area contributed by atoms with Crippen LogP contribution >= 0.6 is 11.6 Å². The van der Waals surface area contributed by atoms with E-state index in [9.17, 15) is 4.79 Å². The molecule has 0 aliphatic heterocycles. The molecular weight excluding hydrogens is 290 g/mol. The first-order valence-corrected chi connectivity index (χ1v) is 8.11. The highest BCUT2D eigenvalue weighted by Crippen LogP contribution is 2.36. The number of carbonyl (C=O) groups is 1. The van der Waals surface area contributed by atoms with Gasteiger partial charge in [0.25, 0.3) is 0 Å². The number of esters is 1. The molecule has 2 unspecified atom stereocenters. The van der Waals surface area contributed by atoms with Gasteiger partial charge in [0.15, 0.2) is 0 Å². The van der Waals surface area contributed by atoms with Crippen molar-refractivity contribution in [3.8, 4) is 0 Å². The molecule has 21 heavy (non-hydrogen) atoms. The summed E-state index contributed by atoms with van der Waals surface area (Å²) in [5, 5.41) is 8.35. The van der Waals surface area contributed by atoms with Crippen LogP contribution in [0.2, 0.25) is 5.02 Å². The van der Waals surface area contributed by atoms with Gasteiger partial charge in [-0.1, -0.05) is 18.5 Å². The SMILES string of the molecule is CCCNC1(C(=O)OCC)CCCC(n2cc(Cl)cn2)C1. The molecule has 0 spiro atoms. The summed E-state index contributed by atoms with van der Waals surface area (Å²) in [5.41, 5.74) is -0.590. The van der Waals surface area contributed by atoms with Crippen LogP contribution in [0.4, 0.5) is 0 Å². The molecule has 0 saturated heterocycles. The number of aromatic nitrogens is 2. The van der Waals surface area contributed by atoms with E-state index in [1.807, 2.05) is 17.8 Å². The van der Waals surface area contributed by atoms with Gasteiger partial charge in [0, 0.05) is 6.20 Å². The minimum atomic E-state index is -0.590. The molecule has 1 aliphatic carbocycles. The third-order valence-electron chi connectivity index (χ3n) is 4.05. The Balaban J connectivity index is 2.17. The van der Waals surface area contributed by atoms with Gasteiger partial charge in [-0.25, -0.2) is 0 Å². The van der Waals surface area contributed by atoms with E-state index >= 15 is 0 Å². The maximum atomic E-state index is 12.5. The second kappa shape index (κ2) is 7.27. The predicted octanol–water partition coefficient (Wildman–Crippen LogP) is 2.95. The average molecular weight is 314 g/mol. The zero-order valence-electron chi connectivity index (χ0n) is 12.8. The first-order chi connectivity index (χ1) is 10.1. The molecule has 1 saturated carbocycles. The normalized spacial score (nSPS) is 25.8. The molecule has 0 aromatic carbocycles. The topological polar surface area (TPSA) is 56.1 Å². The van der Waals surface area contributed by atoms with Crippen molar-refractivity contribution >= 4 is 17.6 Å². The van der Waals surface area contributed by atoms with E-state index in [4.69, 9.17) is 16.3 Å². The lowest BCUT2D eigenvalue weighted by Crippen LogP contribution is -2.56. The van der Waals surface area contributed by atoms with Gasteiger partial charge >= 0.3 is 5.97 Å². The van der Waals surface area contributed by atoms with Crippen LogP contribution in [0, 0.1) is 0 Å². The summed E-state index contributed by atoms with van der Waals surface area (Å²) >= 11 is 5.96. The maximum absolute atomic E-state index is 12.5. The molecule has 2 atom stereocenters. The number of halogens is 1. The van der Waals surface area contributed by atoms with Crippen molar-refractivity contribution in [2.24, 2.45) is 0 Å². The molecule has 1 N–H and O–H groups in total. The molecule has 2 rings (SSSR count). The number of hydrogen-bond acceptors (Lipinski definition) is 4. The molecule has 1 aliphatic rings. The number of carbonyl (C=O) groups excluding carboxylic acids is 1. The summed E-state index contributed by atoms with van der Waals surface area (Å²) < 4.78 is 7.19. The van der Waals surface area contributed by atoms with Gasteiger partial charge in [0.2, 0.25) is 0 Å². The zero-order valence-corrected chi connectivity index (χ0v) is 13.5. The molecule has 0 radical (unpaired) electrons. The van der Waals surface area contributed by atoms with Gasteiger partial charge in [-0.15, -0.1) is 0 Å². The van der Waals surface area contributed by atoms with Gasteiger partial charge in [0.05, 0.1) is 23.9 Å². The molecular formula is C15H24ClN3O2. The van der Waals surface area contributed by atoms with Gasteiger partial charge in [0.1, 0.15) is 5.54 Å². The minimum Gasteiger partial charge on any atom is -0.465 e. The first-order valence-electron chi connectivity index (χ1n) is 7.73. The smallest absolute Gasteiger partial charge is 0.326 e. The molecule has 0 amide bonds. The number of ether oxygens (including phenoxy) is 1. The lowest BCUT2D eigenvalue weighted by atomic mass is 9.78. The quantitative estimate of drug-likeness (QED) is 0.820. The molecule has 1 fully saturated rings. The molecule has 1 heterocycles. The van der Waals surface area contributed by atoms with E-state index in [1.165, 1.54) is 0 Å². The van der Waals surface area contributed by atoms with Gasteiger partial charge < -0.3 is 10.1 Å². The summed E-state index contributed by atoms with van der Waals surface area (Å²) in [5.74, 6) is -0.138.